The van der Waals surface area contributed by atoms with Crippen molar-refractivity contribution in [3.8, 4) is 0 Å². The monoisotopic (exact) mass is 247 g/mol. The molecule has 1 rings (SSSR count). The number of likely N-dealkylation sites (N-methyl/N-ethyl adjacent to an activating group) is 1. The Morgan fingerprint density at radius 3 is 2.62 bits per heavy atom. The van der Waals surface area contributed by atoms with E-state index in [1.165, 1.54) is 6.07 Å². The molecule has 0 amide bonds. The van der Waals surface area contributed by atoms with Crippen molar-refractivity contribution >= 4 is 10.0 Å². The van der Waals surface area contributed by atoms with E-state index in [4.69, 9.17) is 10.2 Å². The van der Waals surface area contributed by atoms with Crippen LogP contribution < -0.4 is 10.5 Å². The van der Waals surface area contributed by atoms with Crippen LogP contribution in [-0.2, 0) is 16.6 Å². The summed E-state index contributed by atoms with van der Waals surface area (Å²) in [4.78, 5) is 1.88. The van der Waals surface area contributed by atoms with Gasteiger partial charge in [0, 0.05) is 13.1 Å². The largest absolute Gasteiger partial charge is 0.447 e. The van der Waals surface area contributed by atoms with Crippen LogP contribution in [0.25, 0.3) is 0 Å². The fourth-order valence-electron chi connectivity index (χ4n) is 1.09. The van der Waals surface area contributed by atoms with Gasteiger partial charge in [-0.15, -0.1) is 0 Å². The zero-order valence-electron chi connectivity index (χ0n) is 9.43. The van der Waals surface area contributed by atoms with Crippen molar-refractivity contribution in [2.75, 3.05) is 27.2 Å². The van der Waals surface area contributed by atoms with Crippen molar-refractivity contribution in [1.82, 2.24) is 9.62 Å². The first-order valence-electron chi connectivity index (χ1n) is 4.89. The quantitative estimate of drug-likeness (QED) is 0.712. The Labute approximate surface area is 95.5 Å². The van der Waals surface area contributed by atoms with E-state index in [1.807, 2.05) is 19.0 Å². The van der Waals surface area contributed by atoms with E-state index in [1.54, 1.807) is 6.07 Å². The second-order valence-electron chi connectivity index (χ2n) is 3.63. The third-order valence-electron chi connectivity index (χ3n) is 1.95. The Morgan fingerprint density at radius 2 is 2.12 bits per heavy atom. The van der Waals surface area contributed by atoms with E-state index in [0.29, 0.717) is 18.8 Å². The van der Waals surface area contributed by atoms with Gasteiger partial charge < -0.3 is 15.1 Å². The lowest BCUT2D eigenvalue weighted by molar-refractivity contribution is 0.400. The van der Waals surface area contributed by atoms with Crippen molar-refractivity contribution in [2.45, 2.75) is 11.6 Å². The average Bonchev–Trinajstić information content (AvgIpc) is 2.65. The van der Waals surface area contributed by atoms with Crippen molar-refractivity contribution in [2.24, 2.45) is 5.73 Å². The third-order valence-corrected chi connectivity index (χ3v) is 3.29. The normalized spacial score (nSPS) is 12.2. The molecule has 0 radical (unpaired) electrons. The zero-order chi connectivity index (χ0) is 12.2. The van der Waals surface area contributed by atoms with Gasteiger partial charge in [-0.05, 0) is 26.2 Å². The molecule has 1 aromatic heterocycles. The Hall–Kier alpha value is -0.890. The number of furan rings is 1. The minimum Gasteiger partial charge on any atom is -0.447 e. The van der Waals surface area contributed by atoms with E-state index in [-0.39, 0.29) is 11.6 Å². The summed E-state index contributed by atoms with van der Waals surface area (Å²) < 4.78 is 30.9. The molecule has 0 bridgehead atoms. The van der Waals surface area contributed by atoms with Gasteiger partial charge in [0.15, 0.2) is 0 Å². The maximum atomic E-state index is 11.7. The standard InChI is InChI=1S/C9H17N3O3S/c1-12(2)6-5-11-16(13,14)9-4-3-8(7-10)15-9/h3-4,11H,5-7,10H2,1-2H3. The van der Waals surface area contributed by atoms with Gasteiger partial charge >= 0.3 is 0 Å². The maximum absolute atomic E-state index is 11.7. The van der Waals surface area contributed by atoms with Crippen LogP contribution >= 0.6 is 0 Å². The van der Waals surface area contributed by atoms with E-state index in [9.17, 15) is 8.42 Å². The number of nitrogens with zero attached hydrogens (tertiary/aromatic N) is 1. The summed E-state index contributed by atoms with van der Waals surface area (Å²) in [5.41, 5.74) is 5.33. The van der Waals surface area contributed by atoms with E-state index in [2.05, 4.69) is 4.72 Å². The van der Waals surface area contributed by atoms with Gasteiger partial charge in [0.1, 0.15) is 5.76 Å². The molecule has 16 heavy (non-hydrogen) atoms. The summed E-state index contributed by atoms with van der Waals surface area (Å²) in [6.07, 6.45) is 0. The number of hydrogen-bond acceptors (Lipinski definition) is 5. The lowest BCUT2D eigenvalue weighted by Crippen LogP contribution is -2.31. The summed E-state index contributed by atoms with van der Waals surface area (Å²) in [7, 11) is 0.193. The predicted octanol–water partition coefficient (Wildman–Crippen LogP) is -0.422. The smallest absolute Gasteiger partial charge is 0.274 e. The predicted molar refractivity (Wildman–Crippen MR) is 60.3 cm³/mol. The van der Waals surface area contributed by atoms with Gasteiger partial charge in [-0.3, -0.25) is 0 Å². The Morgan fingerprint density at radius 1 is 1.44 bits per heavy atom. The topological polar surface area (TPSA) is 88.6 Å². The molecule has 3 N–H and O–H groups in total. The van der Waals surface area contributed by atoms with Gasteiger partial charge in [0.05, 0.1) is 6.54 Å². The molecular formula is C9H17N3O3S. The summed E-state index contributed by atoms with van der Waals surface area (Å²) in [6.45, 7) is 1.16. The molecule has 7 heteroatoms. The SMILES string of the molecule is CN(C)CCNS(=O)(=O)c1ccc(CN)o1. The molecule has 1 aromatic rings. The highest BCUT2D eigenvalue weighted by molar-refractivity contribution is 7.89. The van der Waals surface area contributed by atoms with E-state index >= 15 is 0 Å². The summed E-state index contributed by atoms with van der Waals surface area (Å²) >= 11 is 0. The Bertz CT molecular complexity index is 425. The van der Waals surface area contributed by atoms with Crippen LogP contribution in [0.1, 0.15) is 5.76 Å². The molecular weight excluding hydrogens is 230 g/mol. The van der Waals surface area contributed by atoms with Crippen molar-refractivity contribution in [1.29, 1.82) is 0 Å². The highest BCUT2D eigenvalue weighted by atomic mass is 32.2. The fraction of sp³-hybridized carbons (Fsp3) is 0.556. The number of nitrogens with two attached hydrogens (primary N) is 1. The zero-order valence-corrected chi connectivity index (χ0v) is 10.3. The highest BCUT2D eigenvalue weighted by Gasteiger charge is 2.17. The molecule has 0 saturated heterocycles. The van der Waals surface area contributed by atoms with Crippen LogP contribution in [0, 0.1) is 0 Å². The van der Waals surface area contributed by atoms with Gasteiger partial charge in [-0.1, -0.05) is 0 Å². The fourth-order valence-corrected chi connectivity index (χ4v) is 2.05. The molecule has 0 spiro atoms. The van der Waals surface area contributed by atoms with E-state index < -0.39 is 10.0 Å². The molecule has 0 aliphatic carbocycles. The molecule has 0 atom stereocenters. The van der Waals surface area contributed by atoms with Crippen LogP contribution in [0.15, 0.2) is 21.6 Å². The average molecular weight is 247 g/mol. The van der Waals surface area contributed by atoms with Crippen molar-refractivity contribution in [3.05, 3.63) is 17.9 Å². The highest BCUT2D eigenvalue weighted by Crippen LogP contribution is 2.12. The third kappa shape index (κ3) is 3.60. The molecule has 0 aliphatic heterocycles. The van der Waals surface area contributed by atoms with Crippen LogP contribution in [0.2, 0.25) is 0 Å². The molecule has 0 aliphatic rings. The molecule has 0 unspecified atom stereocenters. The van der Waals surface area contributed by atoms with Crippen molar-refractivity contribution in [3.63, 3.8) is 0 Å². The van der Waals surface area contributed by atoms with Crippen LogP contribution in [0.3, 0.4) is 0 Å². The maximum Gasteiger partial charge on any atom is 0.274 e. The number of hydrogen-bond donors (Lipinski definition) is 2. The Kier molecular flexibility index (Phi) is 4.48. The molecule has 0 aromatic carbocycles. The first kappa shape index (κ1) is 13.2. The van der Waals surface area contributed by atoms with Crippen LogP contribution in [0.4, 0.5) is 0 Å². The lowest BCUT2D eigenvalue weighted by Gasteiger charge is -2.09. The first-order valence-corrected chi connectivity index (χ1v) is 6.37. The minimum atomic E-state index is -3.54. The summed E-state index contributed by atoms with van der Waals surface area (Å²) in [5, 5.41) is -0.0910. The van der Waals surface area contributed by atoms with Gasteiger partial charge in [0.25, 0.3) is 10.0 Å². The molecule has 6 nitrogen and oxygen atoms in total. The minimum absolute atomic E-state index is 0.0910. The van der Waals surface area contributed by atoms with Gasteiger partial charge in [0.2, 0.25) is 5.09 Å². The van der Waals surface area contributed by atoms with Gasteiger partial charge in [-0.25, -0.2) is 13.1 Å². The van der Waals surface area contributed by atoms with Gasteiger partial charge in [-0.2, -0.15) is 0 Å². The molecule has 1 heterocycles. The second kappa shape index (κ2) is 5.44. The number of rotatable bonds is 6. The molecule has 92 valence electrons. The van der Waals surface area contributed by atoms with E-state index in [0.717, 1.165) is 0 Å². The second-order valence-corrected chi connectivity index (χ2v) is 5.32. The number of sulfonamides is 1. The summed E-state index contributed by atoms with van der Waals surface area (Å²) in [5.74, 6) is 0.452. The lowest BCUT2D eigenvalue weighted by atomic mass is 10.5. The molecule has 0 saturated carbocycles. The van der Waals surface area contributed by atoms with Crippen LogP contribution in [-0.4, -0.2) is 40.5 Å². The van der Waals surface area contributed by atoms with Crippen LogP contribution in [0.5, 0.6) is 0 Å². The molecule has 0 fully saturated rings. The number of nitrogens with one attached hydrogen (secondary N) is 1. The summed E-state index contributed by atoms with van der Waals surface area (Å²) in [6, 6.07) is 2.96. The first-order chi connectivity index (χ1) is 7.45. The Balaban J connectivity index is 2.63. The van der Waals surface area contributed by atoms with Crippen molar-refractivity contribution < 1.29 is 12.8 Å².